The molecular weight excluding hydrogens is 1310 g/mol. The average molecular weight is 1460 g/mol. The van der Waals surface area contributed by atoms with Gasteiger partial charge in [-0.1, -0.05) is 304 Å². The van der Waals surface area contributed by atoms with Gasteiger partial charge >= 0.3 is 0 Å². The topological polar surface area (TPSA) is 307 Å². The van der Waals surface area contributed by atoms with Gasteiger partial charge in [-0.3, -0.25) is 4.79 Å². The summed E-state index contributed by atoms with van der Waals surface area (Å²) < 4.78 is 34.4. The van der Waals surface area contributed by atoms with Crippen LogP contribution in [-0.4, -0.2) is 193 Å². The van der Waals surface area contributed by atoms with E-state index >= 15 is 0 Å². The van der Waals surface area contributed by atoms with Crippen LogP contribution in [-0.2, 0) is 33.2 Å². The third-order valence-corrected chi connectivity index (χ3v) is 19.9. The minimum Gasteiger partial charge on any atom is -0.394 e. The number of amides is 1. The maximum absolute atomic E-state index is 13.5. The standard InChI is InChI=1S/C84H147NO18/c1-3-5-7-9-11-13-15-17-19-21-23-25-27-29-31-33-35-37-39-41-43-45-47-49-51-53-55-57-59-61-68(89)67(85-72(90)62-60-58-56-54-52-50-48-46-44-42-40-38-36-34-32-30-28-26-24-22-20-18-16-14-12-10-8-6-4-2)66-98-82-78(96)75(93)80(70(64-87)100-82)103-84-79(97)76(94)81(71(65-88)101-84)102-83-77(95)74(92)73(91)69(63-86)99-83/h6,8,12,14,18,20,24,26,30,32,36,38,51,53,59,61,67-71,73-84,86-89,91-97H,3-5,7,9-11,13,15-17,19,21-23,25,27-29,31,33-35,37,39-50,52,54-58,60,62-66H2,1-2H3,(H,85,90)/b8-6-,14-12-,20-18-,26-24-,32-30-,38-36-,53-51+,61-59+. The molecule has 103 heavy (non-hydrogen) atoms. The molecule has 19 nitrogen and oxygen atoms in total. The molecule has 0 saturated carbocycles. The molecule has 0 aromatic rings. The maximum atomic E-state index is 13.5. The molecule has 17 atom stereocenters. The molecule has 596 valence electrons. The van der Waals surface area contributed by atoms with Gasteiger partial charge in [0.1, 0.15) is 73.2 Å². The normalized spacial score (nSPS) is 26.6. The number of nitrogens with one attached hydrogen (secondary N) is 1. The molecule has 3 saturated heterocycles. The Balaban J connectivity index is 1.39. The predicted molar refractivity (Wildman–Crippen MR) is 411 cm³/mol. The second-order valence-electron chi connectivity index (χ2n) is 28.8. The van der Waals surface area contributed by atoms with E-state index in [-0.39, 0.29) is 18.9 Å². The van der Waals surface area contributed by atoms with Crippen LogP contribution in [0.5, 0.6) is 0 Å². The van der Waals surface area contributed by atoms with Crippen molar-refractivity contribution in [2.45, 2.75) is 401 Å². The summed E-state index contributed by atoms with van der Waals surface area (Å²) in [6.45, 7) is 1.63. The van der Waals surface area contributed by atoms with Crippen molar-refractivity contribution in [2.24, 2.45) is 0 Å². The van der Waals surface area contributed by atoms with Gasteiger partial charge in [-0.2, -0.15) is 0 Å². The highest BCUT2D eigenvalue weighted by Gasteiger charge is 2.54. The van der Waals surface area contributed by atoms with Crippen LogP contribution in [0.25, 0.3) is 0 Å². The van der Waals surface area contributed by atoms with E-state index in [2.05, 4.69) is 104 Å². The van der Waals surface area contributed by atoms with Gasteiger partial charge in [-0.15, -0.1) is 0 Å². The fourth-order valence-corrected chi connectivity index (χ4v) is 13.3. The minimum absolute atomic E-state index is 0.225. The van der Waals surface area contributed by atoms with E-state index in [9.17, 15) is 61.0 Å². The van der Waals surface area contributed by atoms with E-state index in [0.29, 0.717) is 12.8 Å². The number of carbonyl (C=O) groups is 1. The van der Waals surface area contributed by atoms with Gasteiger partial charge in [0.25, 0.3) is 0 Å². The number of hydrogen-bond acceptors (Lipinski definition) is 18. The van der Waals surface area contributed by atoms with Crippen molar-refractivity contribution >= 4 is 5.91 Å². The minimum atomic E-state index is -1.99. The molecule has 0 bridgehead atoms. The van der Waals surface area contributed by atoms with Gasteiger partial charge in [0.15, 0.2) is 18.9 Å². The van der Waals surface area contributed by atoms with Crippen molar-refractivity contribution in [3.05, 3.63) is 97.2 Å². The van der Waals surface area contributed by atoms with Crippen LogP contribution in [0.15, 0.2) is 97.2 Å². The maximum Gasteiger partial charge on any atom is 0.220 e. The number of hydrogen-bond donors (Lipinski definition) is 12. The fourth-order valence-electron chi connectivity index (χ4n) is 13.3. The van der Waals surface area contributed by atoms with Crippen molar-refractivity contribution in [1.29, 1.82) is 0 Å². The number of ether oxygens (including phenoxy) is 6. The van der Waals surface area contributed by atoms with Crippen molar-refractivity contribution < 1.29 is 89.4 Å². The largest absolute Gasteiger partial charge is 0.394 e. The highest BCUT2D eigenvalue weighted by atomic mass is 16.8. The molecule has 0 aliphatic carbocycles. The molecule has 3 aliphatic heterocycles. The summed E-state index contributed by atoms with van der Waals surface area (Å²) in [7, 11) is 0. The Morgan fingerprint density at radius 2 is 0.680 bits per heavy atom. The first-order chi connectivity index (χ1) is 50.3. The molecule has 3 heterocycles. The summed E-state index contributed by atoms with van der Waals surface area (Å²) in [5.41, 5.74) is 0. The lowest BCUT2D eigenvalue weighted by Gasteiger charge is -2.48. The van der Waals surface area contributed by atoms with Gasteiger partial charge in [0.2, 0.25) is 5.91 Å². The number of aliphatic hydroxyl groups is 11. The Kier molecular flexibility index (Phi) is 58.0. The molecule has 3 fully saturated rings. The van der Waals surface area contributed by atoms with E-state index in [4.69, 9.17) is 28.4 Å². The molecule has 0 aromatic heterocycles. The predicted octanol–water partition coefficient (Wildman–Crippen LogP) is 14.0. The molecule has 0 radical (unpaired) electrons. The van der Waals surface area contributed by atoms with Crippen molar-refractivity contribution in [2.75, 3.05) is 26.4 Å². The molecule has 0 spiro atoms. The highest BCUT2D eigenvalue weighted by Crippen LogP contribution is 2.33. The Morgan fingerprint density at radius 3 is 1.09 bits per heavy atom. The lowest BCUT2D eigenvalue weighted by atomic mass is 9.96. The molecule has 19 heteroatoms. The van der Waals surface area contributed by atoms with Crippen LogP contribution in [0.2, 0.25) is 0 Å². The second kappa shape index (κ2) is 63.6. The smallest absolute Gasteiger partial charge is 0.220 e. The summed E-state index contributed by atoms with van der Waals surface area (Å²) in [5.74, 6) is -0.291. The molecule has 3 rings (SSSR count). The number of carbonyl (C=O) groups excluding carboxylic acids is 1. The quantitative estimate of drug-likeness (QED) is 0.0199. The van der Waals surface area contributed by atoms with Crippen molar-refractivity contribution in [3.8, 4) is 0 Å². The van der Waals surface area contributed by atoms with Crippen molar-refractivity contribution in [1.82, 2.24) is 5.32 Å². The molecule has 17 unspecified atom stereocenters. The van der Waals surface area contributed by atoms with Crippen LogP contribution >= 0.6 is 0 Å². The zero-order valence-electron chi connectivity index (χ0n) is 63.8. The second-order valence-corrected chi connectivity index (χ2v) is 28.8. The zero-order chi connectivity index (χ0) is 74.6. The average Bonchev–Trinajstić information content (AvgIpc) is 0.781. The van der Waals surface area contributed by atoms with Crippen molar-refractivity contribution in [3.63, 3.8) is 0 Å². The van der Waals surface area contributed by atoms with Crippen LogP contribution in [0.3, 0.4) is 0 Å². The summed E-state index contributed by atoms with van der Waals surface area (Å²) >= 11 is 0. The highest BCUT2D eigenvalue weighted by molar-refractivity contribution is 5.76. The number of allylic oxidation sites excluding steroid dienone is 15. The monoisotopic (exact) mass is 1460 g/mol. The molecule has 12 N–H and O–H groups in total. The van der Waals surface area contributed by atoms with Crippen LogP contribution in [0.4, 0.5) is 0 Å². The van der Waals surface area contributed by atoms with Gasteiger partial charge < -0.3 is 89.9 Å². The Bertz CT molecular complexity index is 2240. The van der Waals surface area contributed by atoms with Gasteiger partial charge in [0.05, 0.1) is 38.6 Å². The Hall–Kier alpha value is -3.29. The molecular formula is C84H147NO18. The third-order valence-electron chi connectivity index (χ3n) is 19.9. The molecule has 1 amide bonds. The van der Waals surface area contributed by atoms with Gasteiger partial charge in [-0.05, 0) is 83.5 Å². The summed E-state index contributed by atoms with van der Waals surface area (Å²) in [6.07, 6.45) is 59.6. The van der Waals surface area contributed by atoms with E-state index < -0.39 is 124 Å². The third kappa shape index (κ3) is 43.5. The van der Waals surface area contributed by atoms with Crippen LogP contribution < -0.4 is 5.32 Å². The summed E-state index contributed by atoms with van der Waals surface area (Å²) in [4.78, 5) is 13.5. The lowest BCUT2D eigenvalue weighted by molar-refractivity contribution is -0.379. The first kappa shape index (κ1) is 93.9. The Morgan fingerprint density at radius 1 is 0.359 bits per heavy atom. The lowest BCUT2D eigenvalue weighted by Crippen LogP contribution is -2.66. The first-order valence-corrected chi connectivity index (χ1v) is 41.0. The van der Waals surface area contributed by atoms with Crippen LogP contribution in [0, 0.1) is 0 Å². The van der Waals surface area contributed by atoms with E-state index in [1.807, 2.05) is 6.08 Å². The number of unbranched alkanes of at least 4 members (excludes halogenated alkanes) is 34. The SMILES string of the molecule is CC/C=C\C/C=C\C/C=C\C/C=C\C/C=C\C/C=C\CCCCCCCCCCCCC(=O)NC(COC1OC(CO)C(OC2OC(CO)C(OC3OC(CO)C(O)C(O)C3O)C(O)C2O)C(O)C1O)C(O)/C=C/CC/C=C/CCCCCCCCCCCCCCCCCCCCCCCCC. The first-order valence-electron chi connectivity index (χ1n) is 41.0. The Labute approximate surface area is 622 Å². The zero-order valence-corrected chi connectivity index (χ0v) is 63.8. The van der Waals surface area contributed by atoms with Crippen LogP contribution in [0.1, 0.15) is 296 Å². The number of rotatable bonds is 64. The van der Waals surface area contributed by atoms with Gasteiger partial charge in [0, 0.05) is 6.42 Å². The van der Waals surface area contributed by atoms with E-state index in [0.717, 1.165) is 89.9 Å². The van der Waals surface area contributed by atoms with E-state index in [1.165, 1.54) is 173 Å². The van der Waals surface area contributed by atoms with Gasteiger partial charge in [-0.25, -0.2) is 0 Å². The summed E-state index contributed by atoms with van der Waals surface area (Å²) in [6, 6.07) is -1.00. The molecule has 0 aromatic carbocycles. The summed E-state index contributed by atoms with van der Waals surface area (Å²) in [5, 5.41) is 121. The fraction of sp³-hybridized carbons (Fsp3) is 0.798. The van der Waals surface area contributed by atoms with E-state index in [1.54, 1.807) is 6.08 Å². The number of aliphatic hydroxyl groups excluding tert-OH is 11. The molecule has 3 aliphatic rings.